The van der Waals surface area contributed by atoms with Crippen molar-refractivity contribution in [3.8, 4) is 6.07 Å². The zero-order valence-corrected chi connectivity index (χ0v) is 12.3. The fourth-order valence-electron chi connectivity index (χ4n) is 1.44. The van der Waals surface area contributed by atoms with Gasteiger partial charge < -0.3 is 10.1 Å². The molecule has 0 aliphatic heterocycles. The maximum atomic E-state index is 11.8. The van der Waals surface area contributed by atoms with E-state index < -0.39 is 10.8 Å². The van der Waals surface area contributed by atoms with Gasteiger partial charge in [0.1, 0.15) is 11.6 Å². The molecule has 1 rings (SSSR count). The Kier molecular flexibility index (Phi) is 7.08. The number of nitrogens with one attached hydrogen (secondary N) is 1. The van der Waals surface area contributed by atoms with Gasteiger partial charge in [0, 0.05) is 31.2 Å². The molecule has 0 radical (unpaired) electrons. The van der Waals surface area contributed by atoms with E-state index in [0.29, 0.717) is 31.7 Å². The topological polar surface area (TPSA) is 105 Å². The largest absolute Gasteiger partial charge is 0.382 e. The lowest BCUT2D eigenvalue weighted by atomic mass is 10.2. The van der Waals surface area contributed by atoms with Gasteiger partial charge in [0.2, 0.25) is 0 Å². The molecule has 0 bridgehead atoms. The Morgan fingerprint density at radius 3 is 3.00 bits per heavy atom. The second kappa shape index (κ2) is 8.84. The van der Waals surface area contributed by atoms with Gasteiger partial charge in [0.05, 0.1) is 4.92 Å². The SMILES string of the molecule is CCOCCCNC(=O)/C(C#N)=C\c1csc([N+](=O)[O-])c1. The van der Waals surface area contributed by atoms with Gasteiger partial charge in [-0.15, -0.1) is 0 Å². The molecule has 7 nitrogen and oxygen atoms in total. The molecule has 0 fully saturated rings. The number of hydrogen-bond donors (Lipinski definition) is 1. The van der Waals surface area contributed by atoms with Gasteiger partial charge in [0.15, 0.2) is 0 Å². The molecule has 0 saturated heterocycles. The summed E-state index contributed by atoms with van der Waals surface area (Å²) in [6, 6.07) is 3.12. The first kappa shape index (κ1) is 16.8. The third-order valence-electron chi connectivity index (χ3n) is 2.42. The Bertz CT molecular complexity index is 574. The van der Waals surface area contributed by atoms with Gasteiger partial charge in [-0.25, -0.2) is 0 Å². The number of amides is 1. The average Bonchev–Trinajstić information content (AvgIpc) is 2.93. The number of carbonyl (C=O) groups excluding carboxylic acids is 1. The quantitative estimate of drug-likeness (QED) is 0.260. The van der Waals surface area contributed by atoms with E-state index in [9.17, 15) is 14.9 Å². The molecule has 1 aromatic rings. The molecule has 0 saturated carbocycles. The van der Waals surface area contributed by atoms with E-state index in [4.69, 9.17) is 10.00 Å². The van der Waals surface area contributed by atoms with Crippen molar-refractivity contribution in [3.63, 3.8) is 0 Å². The predicted octanol–water partition coefficient (Wildman–Crippen LogP) is 2.11. The fourth-order valence-corrected chi connectivity index (χ4v) is 2.12. The lowest BCUT2D eigenvalue weighted by molar-refractivity contribution is -0.380. The van der Waals surface area contributed by atoms with Crippen LogP contribution in [-0.4, -0.2) is 30.6 Å². The van der Waals surface area contributed by atoms with Crippen molar-refractivity contribution in [1.29, 1.82) is 5.26 Å². The molecule has 0 aliphatic rings. The first-order valence-corrected chi connectivity index (χ1v) is 7.17. The smallest absolute Gasteiger partial charge is 0.324 e. The molecule has 0 unspecified atom stereocenters. The van der Waals surface area contributed by atoms with E-state index >= 15 is 0 Å². The number of ether oxygens (including phenoxy) is 1. The third kappa shape index (κ3) is 5.72. The maximum absolute atomic E-state index is 11.8. The minimum atomic E-state index is -0.512. The number of thiophene rings is 1. The van der Waals surface area contributed by atoms with Crippen LogP contribution in [0.5, 0.6) is 0 Å². The standard InChI is InChI=1S/C13H15N3O4S/c1-2-20-5-3-4-15-13(17)11(8-14)6-10-7-12(16(18)19)21-9-10/h6-7,9H,2-5H2,1H3,(H,15,17)/b11-6-. The molecule has 1 amide bonds. The Morgan fingerprint density at radius 2 is 2.43 bits per heavy atom. The third-order valence-corrected chi connectivity index (χ3v) is 3.32. The van der Waals surface area contributed by atoms with Crippen LogP contribution >= 0.6 is 11.3 Å². The normalized spacial score (nSPS) is 11.0. The summed E-state index contributed by atoms with van der Waals surface area (Å²) >= 11 is 0.947. The van der Waals surface area contributed by atoms with Crippen molar-refractivity contribution >= 4 is 28.3 Å². The second-order valence-electron chi connectivity index (χ2n) is 3.95. The molecule has 21 heavy (non-hydrogen) atoms. The average molecular weight is 309 g/mol. The first-order chi connectivity index (χ1) is 10.1. The summed E-state index contributed by atoms with van der Waals surface area (Å²) < 4.78 is 5.13. The van der Waals surface area contributed by atoms with E-state index in [0.717, 1.165) is 11.3 Å². The minimum absolute atomic E-state index is 0.0318. The van der Waals surface area contributed by atoms with Crippen LogP contribution in [0.4, 0.5) is 5.00 Å². The van der Waals surface area contributed by atoms with E-state index in [-0.39, 0.29) is 10.6 Å². The highest BCUT2D eigenvalue weighted by molar-refractivity contribution is 7.13. The molecule has 1 N–H and O–H groups in total. The summed E-state index contributed by atoms with van der Waals surface area (Å²) in [5.41, 5.74) is 0.381. The molecule has 0 aromatic carbocycles. The van der Waals surface area contributed by atoms with Gasteiger partial charge in [-0.2, -0.15) is 5.26 Å². The molecule has 1 heterocycles. The van der Waals surface area contributed by atoms with Crippen molar-refractivity contribution in [2.75, 3.05) is 19.8 Å². The van der Waals surface area contributed by atoms with Crippen LogP contribution in [0, 0.1) is 21.4 Å². The van der Waals surface area contributed by atoms with E-state index in [2.05, 4.69) is 5.32 Å². The van der Waals surface area contributed by atoms with Crippen LogP contribution in [0.25, 0.3) is 6.08 Å². The lowest BCUT2D eigenvalue weighted by Crippen LogP contribution is -2.26. The second-order valence-corrected chi connectivity index (χ2v) is 4.84. The van der Waals surface area contributed by atoms with E-state index in [1.165, 1.54) is 17.5 Å². The molecule has 0 spiro atoms. The Balaban J connectivity index is 2.60. The van der Waals surface area contributed by atoms with Crippen molar-refractivity contribution < 1.29 is 14.5 Å². The van der Waals surface area contributed by atoms with Crippen molar-refractivity contribution in [2.45, 2.75) is 13.3 Å². The van der Waals surface area contributed by atoms with Gasteiger partial charge in [-0.1, -0.05) is 11.3 Å². The monoisotopic (exact) mass is 309 g/mol. The molecule has 0 atom stereocenters. The number of nitriles is 1. The summed E-state index contributed by atoms with van der Waals surface area (Å²) in [4.78, 5) is 21.8. The summed E-state index contributed by atoms with van der Waals surface area (Å²) in [6.45, 7) is 3.45. The van der Waals surface area contributed by atoms with Gasteiger partial charge >= 0.3 is 5.00 Å². The molecule has 112 valence electrons. The van der Waals surface area contributed by atoms with Crippen LogP contribution in [0.1, 0.15) is 18.9 Å². The molecule has 1 aromatic heterocycles. The Labute approximate surface area is 126 Å². The van der Waals surface area contributed by atoms with Gasteiger partial charge in [-0.3, -0.25) is 14.9 Å². The summed E-state index contributed by atoms with van der Waals surface area (Å²) in [5, 5.41) is 23.6. The Morgan fingerprint density at radius 1 is 1.67 bits per heavy atom. The number of carbonyl (C=O) groups is 1. The number of rotatable bonds is 8. The Hall–Kier alpha value is -2.24. The van der Waals surface area contributed by atoms with Crippen molar-refractivity contribution in [3.05, 3.63) is 32.7 Å². The van der Waals surface area contributed by atoms with Crippen LogP contribution in [0.2, 0.25) is 0 Å². The van der Waals surface area contributed by atoms with Crippen molar-refractivity contribution in [2.24, 2.45) is 0 Å². The lowest BCUT2D eigenvalue weighted by Gasteiger charge is -2.04. The van der Waals surface area contributed by atoms with Crippen LogP contribution in [0.3, 0.4) is 0 Å². The van der Waals surface area contributed by atoms with E-state index in [1.807, 2.05) is 6.92 Å². The van der Waals surface area contributed by atoms with Crippen LogP contribution in [-0.2, 0) is 9.53 Å². The zero-order valence-electron chi connectivity index (χ0n) is 11.5. The predicted molar refractivity (Wildman–Crippen MR) is 78.7 cm³/mol. The summed E-state index contributed by atoms with van der Waals surface area (Å²) in [7, 11) is 0. The molecule has 0 aliphatic carbocycles. The minimum Gasteiger partial charge on any atom is -0.382 e. The molecule has 8 heteroatoms. The molecular weight excluding hydrogens is 294 g/mol. The number of nitro groups is 1. The van der Waals surface area contributed by atoms with Crippen molar-refractivity contribution in [1.82, 2.24) is 5.32 Å². The number of nitrogens with zero attached hydrogens (tertiary/aromatic N) is 2. The van der Waals surface area contributed by atoms with Gasteiger partial charge in [-0.05, 0) is 25.0 Å². The van der Waals surface area contributed by atoms with Crippen LogP contribution in [0.15, 0.2) is 17.0 Å². The summed E-state index contributed by atoms with van der Waals surface area (Å²) in [6.07, 6.45) is 1.99. The van der Waals surface area contributed by atoms with Gasteiger partial charge in [0.25, 0.3) is 5.91 Å². The van der Waals surface area contributed by atoms with Crippen LogP contribution < -0.4 is 5.32 Å². The number of hydrogen-bond acceptors (Lipinski definition) is 6. The highest BCUT2D eigenvalue weighted by Crippen LogP contribution is 2.24. The summed E-state index contributed by atoms with van der Waals surface area (Å²) in [5.74, 6) is -0.497. The molecular formula is C13H15N3O4S. The van der Waals surface area contributed by atoms with E-state index in [1.54, 1.807) is 6.07 Å². The zero-order chi connectivity index (χ0) is 15.7. The first-order valence-electron chi connectivity index (χ1n) is 6.29. The highest BCUT2D eigenvalue weighted by atomic mass is 32.1. The fraction of sp³-hybridized carbons (Fsp3) is 0.385. The highest BCUT2D eigenvalue weighted by Gasteiger charge is 2.12. The maximum Gasteiger partial charge on any atom is 0.324 e.